The lowest BCUT2D eigenvalue weighted by atomic mass is 10.2. The molecule has 1 saturated heterocycles. The molecule has 1 aromatic heterocycles. The first-order chi connectivity index (χ1) is 8.40. The summed E-state index contributed by atoms with van der Waals surface area (Å²) < 4.78 is 0. The molecule has 0 bridgehead atoms. The van der Waals surface area contributed by atoms with Gasteiger partial charge in [-0.15, -0.1) is 0 Å². The molecule has 1 aliphatic heterocycles. The molecular formula is C13H22N4. The number of anilines is 1. The van der Waals surface area contributed by atoms with Gasteiger partial charge in [0.2, 0.25) is 5.95 Å². The van der Waals surface area contributed by atoms with Crippen LogP contribution in [0.5, 0.6) is 0 Å². The third-order valence-electron chi connectivity index (χ3n) is 3.13. The predicted octanol–water partition coefficient (Wildman–Crippen LogP) is 1.62. The molecule has 1 N–H and O–H groups in total. The van der Waals surface area contributed by atoms with E-state index >= 15 is 0 Å². The second-order valence-corrected chi connectivity index (χ2v) is 4.59. The lowest BCUT2D eigenvalue weighted by molar-refractivity contribution is 0.724. The molecule has 1 fully saturated rings. The average molecular weight is 234 g/mol. The SMILES string of the molecule is CCCCc1cnc(N2CCCNCC2)nc1. The molecule has 2 heterocycles. The number of nitrogens with one attached hydrogen (secondary N) is 1. The predicted molar refractivity (Wildman–Crippen MR) is 70.3 cm³/mol. The van der Waals surface area contributed by atoms with E-state index in [4.69, 9.17) is 0 Å². The smallest absolute Gasteiger partial charge is 0.225 e. The minimum absolute atomic E-state index is 0.883. The highest BCUT2D eigenvalue weighted by Crippen LogP contribution is 2.10. The summed E-state index contributed by atoms with van der Waals surface area (Å²) in [5, 5.41) is 3.39. The molecule has 0 unspecified atom stereocenters. The number of hydrogen-bond donors (Lipinski definition) is 1. The second-order valence-electron chi connectivity index (χ2n) is 4.59. The molecule has 0 spiro atoms. The monoisotopic (exact) mass is 234 g/mol. The van der Waals surface area contributed by atoms with Crippen LogP contribution in [0.3, 0.4) is 0 Å². The van der Waals surface area contributed by atoms with Crippen molar-refractivity contribution in [3.63, 3.8) is 0 Å². The Hall–Kier alpha value is -1.16. The lowest BCUT2D eigenvalue weighted by Gasteiger charge is -2.19. The largest absolute Gasteiger partial charge is 0.340 e. The quantitative estimate of drug-likeness (QED) is 0.859. The summed E-state index contributed by atoms with van der Waals surface area (Å²) in [5.41, 5.74) is 1.25. The van der Waals surface area contributed by atoms with E-state index in [0.717, 1.165) is 38.5 Å². The molecule has 0 aliphatic carbocycles. The molecule has 0 aromatic carbocycles. The van der Waals surface area contributed by atoms with Gasteiger partial charge in [-0.05, 0) is 31.4 Å². The first-order valence-electron chi connectivity index (χ1n) is 6.66. The van der Waals surface area contributed by atoms with Crippen LogP contribution < -0.4 is 10.2 Å². The molecule has 1 aromatic rings. The van der Waals surface area contributed by atoms with E-state index < -0.39 is 0 Å². The van der Waals surface area contributed by atoms with Crippen LogP contribution in [0.25, 0.3) is 0 Å². The van der Waals surface area contributed by atoms with Crippen molar-refractivity contribution in [1.29, 1.82) is 0 Å². The Morgan fingerprint density at radius 1 is 1.24 bits per heavy atom. The van der Waals surface area contributed by atoms with Gasteiger partial charge in [-0.3, -0.25) is 0 Å². The summed E-state index contributed by atoms with van der Waals surface area (Å²) in [6, 6.07) is 0. The van der Waals surface area contributed by atoms with Crippen molar-refractivity contribution < 1.29 is 0 Å². The second kappa shape index (κ2) is 6.55. The number of rotatable bonds is 4. The fourth-order valence-electron chi connectivity index (χ4n) is 2.07. The van der Waals surface area contributed by atoms with Crippen molar-refractivity contribution in [2.24, 2.45) is 0 Å². The molecule has 17 heavy (non-hydrogen) atoms. The Morgan fingerprint density at radius 2 is 2.06 bits per heavy atom. The molecule has 0 amide bonds. The maximum absolute atomic E-state index is 4.48. The van der Waals surface area contributed by atoms with Crippen LogP contribution in [0, 0.1) is 0 Å². The van der Waals surface area contributed by atoms with Crippen molar-refractivity contribution >= 4 is 5.95 Å². The number of unbranched alkanes of at least 4 members (excludes halogenated alkanes) is 1. The number of nitrogens with zero attached hydrogens (tertiary/aromatic N) is 3. The molecule has 0 atom stereocenters. The Labute approximate surface area is 103 Å². The Morgan fingerprint density at radius 3 is 2.82 bits per heavy atom. The summed E-state index contributed by atoms with van der Waals surface area (Å²) in [6.45, 7) is 6.40. The standard InChI is InChI=1S/C13H22N4/c1-2-3-5-12-10-15-13(16-11-12)17-8-4-6-14-7-9-17/h10-11,14H,2-9H2,1H3. The molecule has 2 rings (SSSR count). The maximum Gasteiger partial charge on any atom is 0.225 e. The molecule has 1 aliphatic rings. The molecule has 4 nitrogen and oxygen atoms in total. The molecular weight excluding hydrogens is 212 g/mol. The molecule has 0 saturated carbocycles. The minimum Gasteiger partial charge on any atom is -0.340 e. The van der Waals surface area contributed by atoms with E-state index in [0.29, 0.717) is 0 Å². The van der Waals surface area contributed by atoms with Gasteiger partial charge in [-0.25, -0.2) is 9.97 Å². The van der Waals surface area contributed by atoms with Crippen LogP contribution in [-0.4, -0.2) is 36.1 Å². The average Bonchev–Trinajstić information content (AvgIpc) is 2.66. The normalized spacial score (nSPS) is 16.9. The van der Waals surface area contributed by atoms with Crippen molar-refractivity contribution in [1.82, 2.24) is 15.3 Å². The van der Waals surface area contributed by atoms with Crippen molar-refractivity contribution in [3.05, 3.63) is 18.0 Å². The first-order valence-corrected chi connectivity index (χ1v) is 6.66. The third-order valence-corrected chi connectivity index (χ3v) is 3.13. The van der Waals surface area contributed by atoms with Crippen LogP contribution in [0.4, 0.5) is 5.95 Å². The third kappa shape index (κ3) is 3.66. The van der Waals surface area contributed by atoms with Gasteiger partial charge in [0, 0.05) is 32.0 Å². The van der Waals surface area contributed by atoms with Gasteiger partial charge in [-0.1, -0.05) is 13.3 Å². The Balaban J connectivity index is 1.96. The highest BCUT2D eigenvalue weighted by atomic mass is 15.3. The summed E-state index contributed by atoms with van der Waals surface area (Å²) in [5.74, 6) is 0.883. The lowest BCUT2D eigenvalue weighted by Crippen LogP contribution is -2.29. The van der Waals surface area contributed by atoms with Gasteiger partial charge in [0.25, 0.3) is 0 Å². The van der Waals surface area contributed by atoms with E-state index in [-0.39, 0.29) is 0 Å². The molecule has 94 valence electrons. The van der Waals surface area contributed by atoms with Crippen LogP contribution >= 0.6 is 0 Å². The minimum atomic E-state index is 0.883. The highest BCUT2D eigenvalue weighted by Gasteiger charge is 2.11. The van der Waals surface area contributed by atoms with Crippen molar-refractivity contribution in [2.75, 3.05) is 31.1 Å². The van der Waals surface area contributed by atoms with Crippen LogP contribution in [0.2, 0.25) is 0 Å². The topological polar surface area (TPSA) is 41.1 Å². The van der Waals surface area contributed by atoms with E-state index in [2.05, 4.69) is 27.1 Å². The number of hydrogen-bond acceptors (Lipinski definition) is 4. The van der Waals surface area contributed by atoms with E-state index in [1.165, 1.54) is 24.8 Å². The molecule has 0 radical (unpaired) electrons. The van der Waals surface area contributed by atoms with Gasteiger partial charge in [-0.2, -0.15) is 0 Å². The Bertz CT molecular complexity index is 315. The summed E-state index contributed by atoms with van der Waals surface area (Å²) >= 11 is 0. The zero-order valence-corrected chi connectivity index (χ0v) is 10.7. The fraction of sp³-hybridized carbons (Fsp3) is 0.692. The summed E-state index contributed by atoms with van der Waals surface area (Å²) in [7, 11) is 0. The number of aryl methyl sites for hydroxylation is 1. The maximum atomic E-state index is 4.48. The van der Waals surface area contributed by atoms with Crippen molar-refractivity contribution in [3.8, 4) is 0 Å². The summed E-state index contributed by atoms with van der Waals surface area (Å²) in [4.78, 5) is 11.2. The fourth-order valence-corrected chi connectivity index (χ4v) is 2.07. The highest BCUT2D eigenvalue weighted by molar-refractivity contribution is 5.30. The van der Waals surface area contributed by atoms with E-state index in [1.54, 1.807) is 0 Å². The molecule has 4 heteroatoms. The zero-order chi connectivity index (χ0) is 11.9. The first kappa shape index (κ1) is 12.3. The van der Waals surface area contributed by atoms with Crippen LogP contribution in [-0.2, 0) is 6.42 Å². The van der Waals surface area contributed by atoms with Gasteiger partial charge in [0.05, 0.1) is 0 Å². The summed E-state index contributed by atoms with van der Waals surface area (Å²) in [6.07, 6.45) is 8.67. The van der Waals surface area contributed by atoms with Gasteiger partial charge in [0.1, 0.15) is 0 Å². The van der Waals surface area contributed by atoms with Crippen molar-refractivity contribution in [2.45, 2.75) is 32.6 Å². The van der Waals surface area contributed by atoms with E-state index in [9.17, 15) is 0 Å². The Kier molecular flexibility index (Phi) is 4.74. The van der Waals surface area contributed by atoms with E-state index in [1.807, 2.05) is 12.4 Å². The van der Waals surface area contributed by atoms with Crippen LogP contribution in [0.15, 0.2) is 12.4 Å². The number of aromatic nitrogens is 2. The zero-order valence-electron chi connectivity index (χ0n) is 10.7. The van der Waals surface area contributed by atoms with Gasteiger partial charge in [0.15, 0.2) is 0 Å². The van der Waals surface area contributed by atoms with Gasteiger partial charge < -0.3 is 10.2 Å². The van der Waals surface area contributed by atoms with Crippen LogP contribution in [0.1, 0.15) is 31.7 Å². The van der Waals surface area contributed by atoms with Gasteiger partial charge >= 0.3 is 0 Å².